The van der Waals surface area contributed by atoms with Gasteiger partial charge in [0.15, 0.2) is 0 Å². The van der Waals surface area contributed by atoms with Crippen molar-refractivity contribution in [3.63, 3.8) is 0 Å². The second kappa shape index (κ2) is 10.4. The Morgan fingerprint density at radius 2 is 1.77 bits per heavy atom. The molecule has 1 saturated heterocycles. The summed E-state index contributed by atoms with van der Waals surface area (Å²) in [6.45, 7) is 0.798. The molecule has 1 N–H and O–H groups in total. The summed E-state index contributed by atoms with van der Waals surface area (Å²) < 4.78 is 27.7. The summed E-state index contributed by atoms with van der Waals surface area (Å²) in [5.74, 6) is -3.05. The van der Waals surface area contributed by atoms with Gasteiger partial charge in [0.1, 0.15) is 11.6 Å². The van der Waals surface area contributed by atoms with Crippen LogP contribution in [-0.4, -0.2) is 54.7 Å². The number of carbonyl (C=O) groups excluding carboxylic acids is 3. The van der Waals surface area contributed by atoms with Crippen LogP contribution in [0, 0.1) is 23.5 Å². The Morgan fingerprint density at radius 3 is 2.49 bits per heavy atom. The number of halogens is 2. The van der Waals surface area contributed by atoms with Crippen LogP contribution in [0.5, 0.6) is 0 Å². The maximum absolute atomic E-state index is 14.3. The van der Waals surface area contributed by atoms with E-state index in [-0.39, 0.29) is 41.3 Å². The molecule has 3 amide bonds. The number of hydrogen-bond acceptors (Lipinski definition) is 4. The lowest BCUT2D eigenvalue weighted by atomic mass is 9.80. The van der Waals surface area contributed by atoms with Crippen molar-refractivity contribution in [2.45, 2.75) is 19.4 Å². The number of hydrogen-bond donors (Lipinski definition) is 1. The molecule has 2 aromatic rings. The van der Waals surface area contributed by atoms with Crippen molar-refractivity contribution in [2.24, 2.45) is 11.8 Å². The highest BCUT2D eigenvalue weighted by atomic mass is 19.1. The number of fused-ring (bicyclic) bond motifs is 1. The first kappa shape index (κ1) is 24.5. The molecular weight excluding hydrogens is 454 g/mol. The van der Waals surface area contributed by atoms with Crippen molar-refractivity contribution in [1.82, 2.24) is 15.2 Å². The number of amides is 3. The molecule has 9 heteroatoms. The molecule has 2 atom stereocenters. The summed E-state index contributed by atoms with van der Waals surface area (Å²) in [4.78, 5) is 42.6. The van der Waals surface area contributed by atoms with E-state index in [0.717, 1.165) is 12.1 Å². The Balaban J connectivity index is 1.59. The lowest BCUT2D eigenvalue weighted by molar-refractivity contribution is -0.139. The van der Waals surface area contributed by atoms with E-state index in [1.54, 1.807) is 24.3 Å². The van der Waals surface area contributed by atoms with Gasteiger partial charge in [-0.05, 0) is 51.2 Å². The SMILES string of the molecule is CN(C)CCN(Cc1ccc(F)cc1F)C(=O)c1cccc(N2NC(=O)C3CC=CCC3C2=O)c1. The van der Waals surface area contributed by atoms with Gasteiger partial charge in [-0.2, -0.15) is 0 Å². The molecule has 1 aliphatic carbocycles. The third-order valence-corrected chi connectivity index (χ3v) is 6.36. The zero-order chi connectivity index (χ0) is 25.1. The summed E-state index contributed by atoms with van der Waals surface area (Å²) in [5, 5.41) is 1.21. The zero-order valence-corrected chi connectivity index (χ0v) is 19.7. The highest BCUT2D eigenvalue weighted by Crippen LogP contribution is 2.32. The van der Waals surface area contributed by atoms with E-state index in [1.165, 1.54) is 16.0 Å². The number of allylic oxidation sites excluding steroid dienone is 2. The Kier molecular flexibility index (Phi) is 7.25. The van der Waals surface area contributed by atoms with Gasteiger partial charge >= 0.3 is 0 Å². The highest BCUT2D eigenvalue weighted by Gasteiger charge is 2.42. The monoisotopic (exact) mass is 482 g/mol. The van der Waals surface area contributed by atoms with Gasteiger partial charge in [0.25, 0.3) is 5.91 Å². The number of likely N-dealkylation sites (N-methyl/N-ethyl adjacent to an activating group) is 1. The van der Waals surface area contributed by atoms with Gasteiger partial charge < -0.3 is 9.80 Å². The normalized spacial score (nSPS) is 19.5. The summed E-state index contributed by atoms with van der Waals surface area (Å²) >= 11 is 0. The molecule has 0 aromatic heterocycles. The molecule has 0 bridgehead atoms. The Hall–Kier alpha value is -3.59. The molecular formula is C26H28F2N4O3. The van der Waals surface area contributed by atoms with E-state index in [4.69, 9.17) is 0 Å². The van der Waals surface area contributed by atoms with Gasteiger partial charge in [-0.25, -0.2) is 13.8 Å². The van der Waals surface area contributed by atoms with Crippen LogP contribution in [0.1, 0.15) is 28.8 Å². The van der Waals surface area contributed by atoms with Crippen LogP contribution < -0.4 is 10.4 Å². The molecule has 2 unspecified atom stereocenters. The van der Waals surface area contributed by atoms with Crippen molar-refractivity contribution in [3.8, 4) is 0 Å². The van der Waals surface area contributed by atoms with Gasteiger partial charge in [0.05, 0.1) is 17.5 Å². The molecule has 1 fully saturated rings. The van der Waals surface area contributed by atoms with Crippen molar-refractivity contribution in [1.29, 1.82) is 0 Å². The first-order valence-corrected chi connectivity index (χ1v) is 11.5. The predicted molar refractivity (Wildman–Crippen MR) is 127 cm³/mol. The Labute approximate surface area is 203 Å². The fourth-order valence-corrected chi connectivity index (χ4v) is 4.37. The van der Waals surface area contributed by atoms with Crippen LogP contribution in [0.3, 0.4) is 0 Å². The molecule has 2 aliphatic rings. The number of carbonyl (C=O) groups is 3. The highest BCUT2D eigenvalue weighted by molar-refractivity contribution is 6.05. The fraction of sp³-hybridized carbons (Fsp3) is 0.346. The van der Waals surface area contributed by atoms with Gasteiger partial charge in [0, 0.05) is 36.8 Å². The van der Waals surface area contributed by atoms with E-state index in [9.17, 15) is 23.2 Å². The van der Waals surface area contributed by atoms with Crippen LogP contribution in [0.15, 0.2) is 54.6 Å². The third kappa shape index (κ3) is 5.40. The predicted octanol–water partition coefficient (Wildman–Crippen LogP) is 3.13. The van der Waals surface area contributed by atoms with Gasteiger partial charge in [-0.1, -0.05) is 24.3 Å². The molecule has 35 heavy (non-hydrogen) atoms. The van der Waals surface area contributed by atoms with Gasteiger partial charge in [-0.15, -0.1) is 0 Å². The van der Waals surface area contributed by atoms with Gasteiger partial charge in [0.2, 0.25) is 11.8 Å². The minimum Gasteiger partial charge on any atom is -0.333 e. The molecule has 4 rings (SSSR count). The number of nitrogens with zero attached hydrogens (tertiary/aromatic N) is 3. The summed E-state index contributed by atoms with van der Waals surface area (Å²) in [6, 6.07) is 9.72. The maximum atomic E-state index is 14.3. The van der Waals surface area contributed by atoms with E-state index in [2.05, 4.69) is 5.43 Å². The molecule has 7 nitrogen and oxygen atoms in total. The largest absolute Gasteiger partial charge is 0.333 e. The zero-order valence-electron chi connectivity index (χ0n) is 19.7. The first-order chi connectivity index (χ1) is 16.7. The second-order valence-electron chi connectivity index (χ2n) is 9.12. The van der Waals surface area contributed by atoms with Crippen molar-refractivity contribution < 1.29 is 23.2 Å². The molecule has 2 aromatic carbocycles. The molecule has 0 saturated carbocycles. The number of rotatable bonds is 7. The standard InChI is InChI=1S/C26H28F2N4O3/c1-30(2)12-13-31(16-18-10-11-19(27)15-23(18)28)25(34)17-6-5-7-20(14-17)32-26(35)22-9-4-3-8-21(22)24(33)29-32/h3-7,10-11,14-15,21-22H,8-9,12-13,16H2,1-2H3,(H,29,33). The molecule has 1 heterocycles. The molecule has 0 radical (unpaired) electrons. The fourth-order valence-electron chi connectivity index (χ4n) is 4.37. The van der Waals surface area contributed by atoms with E-state index in [0.29, 0.717) is 31.6 Å². The number of nitrogens with one attached hydrogen (secondary N) is 1. The van der Waals surface area contributed by atoms with Crippen LogP contribution >= 0.6 is 0 Å². The first-order valence-electron chi connectivity index (χ1n) is 11.5. The summed E-state index contributed by atoms with van der Waals surface area (Å²) in [5.41, 5.74) is 3.53. The maximum Gasteiger partial charge on any atom is 0.254 e. The smallest absolute Gasteiger partial charge is 0.254 e. The average molecular weight is 483 g/mol. The van der Waals surface area contributed by atoms with E-state index < -0.39 is 17.6 Å². The minimum absolute atomic E-state index is 0.0432. The van der Waals surface area contributed by atoms with Crippen LogP contribution in [0.2, 0.25) is 0 Å². The average Bonchev–Trinajstić information content (AvgIpc) is 2.85. The van der Waals surface area contributed by atoms with Crippen LogP contribution in [-0.2, 0) is 16.1 Å². The Bertz CT molecular complexity index is 1170. The van der Waals surface area contributed by atoms with Crippen molar-refractivity contribution >= 4 is 23.4 Å². The lowest BCUT2D eigenvalue weighted by Crippen LogP contribution is -2.59. The Morgan fingerprint density at radius 1 is 1.03 bits per heavy atom. The lowest BCUT2D eigenvalue weighted by Gasteiger charge is -2.38. The quantitative estimate of drug-likeness (QED) is 0.616. The topological polar surface area (TPSA) is 73.0 Å². The summed E-state index contributed by atoms with van der Waals surface area (Å²) in [6.07, 6.45) is 4.84. The third-order valence-electron chi connectivity index (χ3n) is 6.36. The van der Waals surface area contributed by atoms with Crippen LogP contribution in [0.25, 0.3) is 0 Å². The van der Waals surface area contributed by atoms with Crippen LogP contribution in [0.4, 0.5) is 14.5 Å². The van der Waals surface area contributed by atoms with E-state index in [1.807, 2.05) is 31.1 Å². The molecule has 184 valence electrons. The molecule has 0 spiro atoms. The molecule has 1 aliphatic heterocycles. The number of anilines is 1. The number of benzene rings is 2. The second-order valence-corrected chi connectivity index (χ2v) is 9.12. The summed E-state index contributed by atoms with van der Waals surface area (Å²) in [7, 11) is 3.72. The number of hydrazine groups is 1. The minimum atomic E-state index is -0.723. The van der Waals surface area contributed by atoms with Crippen molar-refractivity contribution in [2.75, 3.05) is 32.2 Å². The van der Waals surface area contributed by atoms with Crippen molar-refractivity contribution in [3.05, 3.63) is 77.4 Å². The van der Waals surface area contributed by atoms with E-state index >= 15 is 0 Å². The van der Waals surface area contributed by atoms with Gasteiger partial charge in [-0.3, -0.25) is 19.8 Å².